The maximum absolute atomic E-state index is 12.1. The monoisotopic (exact) mass is 291 g/mol. The molecule has 0 bridgehead atoms. The Morgan fingerprint density at radius 1 is 1.32 bits per heavy atom. The molecular formula is C13H29N3O2S. The Morgan fingerprint density at radius 2 is 1.89 bits per heavy atom. The second-order valence-electron chi connectivity index (χ2n) is 6.76. The summed E-state index contributed by atoms with van der Waals surface area (Å²) in [6.07, 6.45) is 2.35. The second-order valence-corrected chi connectivity index (χ2v) is 8.94. The maximum Gasteiger partial charge on any atom is 0.215 e. The fourth-order valence-electron chi connectivity index (χ4n) is 2.08. The van der Waals surface area contributed by atoms with Gasteiger partial charge in [0.15, 0.2) is 0 Å². The number of sulfonamides is 1. The molecule has 1 unspecified atom stereocenters. The summed E-state index contributed by atoms with van der Waals surface area (Å²) in [6.45, 7) is 7.77. The molecule has 0 aromatic rings. The van der Waals surface area contributed by atoms with Crippen LogP contribution < -0.4 is 10.0 Å². The fourth-order valence-corrected chi connectivity index (χ4v) is 3.27. The molecule has 1 atom stereocenters. The molecule has 0 saturated heterocycles. The van der Waals surface area contributed by atoms with Gasteiger partial charge in [-0.2, -0.15) is 0 Å². The summed E-state index contributed by atoms with van der Waals surface area (Å²) < 4.78 is 27.0. The van der Waals surface area contributed by atoms with Crippen LogP contribution in [-0.2, 0) is 10.0 Å². The summed E-state index contributed by atoms with van der Waals surface area (Å²) in [4.78, 5) is 2.08. The Bertz CT molecular complexity index is 375. The highest BCUT2D eigenvalue weighted by molar-refractivity contribution is 7.90. The molecule has 6 heteroatoms. The zero-order chi connectivity index (χ0) is 14.7. The van der Waals surface area contributed by atoms with E-state index in [1.807, 2.05) is 14.1 Å². The molecule has 1 aliphatic rings. The molecule has 0 heterocycles. The Labute approximate surface area is 118 Å². The molecule has 2 N–H and O–H groups in total. The highest BCUT2D eigenvalue weighted by Gasteiger charge is 2.27. The molecule has 0 spiro atoms. The van der Waals surface area contributed by atoms with Gasteiger partial charge >= 0.3 is 0 Å². The van der Waals surface area contributed by atoms with Crippen molar-refractivity contribution in [1.29, 1.82) is 0 Å². The van der Waals surface area contributed by atoms with Crippen molar-refractivity contribution in [3.8, 4) is 0 Å². The summed E-state index contributed by atoms with van der Waals surface area (Å²) in [5.74, 6) is 0. The van der Waals surface area contributed by atoms with Crippen LogP contribution in [0, 0.1) is 5.41 Å². The van der Waals surface area contributed by atoms with Gasteiger partial charge in [0.2, 0.25) is 10.0 Å². The van der Waals surface area contributed by atoms with Crippen LogP contribution in [0.4, 0.5) is 0 Å². The highest BCUT2D eigenvalue weighted by atomic mass is 32.2. The van der Waals surface area contributed by atoms with Gasteiger partial charge in [-0.05, 0) is 39.3 Å². The first-order valence-corrected chi connectivity index (χ1v) is 8.54. The predicted molar refractivity (Wildman–Crippen MR) is 79.7 cm³/mol. The van der Waals surface area contributed by atoms with E-state index in [2.05, 4.69) is 28.8 Å². The minimum Gasteiger partial charge on any atom is -0.313 e. The van der Waals surface area contributed by atoms with Gasteiger partial charge in [-0.25, -0.2) is 13.1 Å². The van der Waals surface area contributed by atoms with E-state index in [-0.39, 0.29) is 10.7 Å². The van der Waals surface area contributed by atoms with Crippen LogP contribution in [0.2, 0.25) is 0 Å². The van der Waals surface area contributed by atoms with Crippen LogP contribution in [0.15, 0.2) is 0 Å². The van der Waals surface area contributed by atoms with Crippen molar-refractivity contribution in [1.82, 2.24) is 14.9 Å². The zero-order valence-electron chi connectivity index (χ0n) is 12.9. The van der Waals surface area contributed by atoms with Crippen molar-refractivity contribution in [3.63, 3.8) is 0 Å². The standard InChI is InChI=1S/C13H29N3O2S/c1-11(8-14-12-6-7-12)19(17,18)15-9-13(2,3)10-16(4)5/h11-12,14-15H,6-10H2,1-5H3. The summed E-state index contributed by atoms with van der Waals surface area (Å²) >= 11 is 0. The van der Waals surface area contributed by atoms with Crippen LogP contribution in [0.1, 0.15) is 33.6 Å². The maximum atomic E-state index is 12.1. The first kappa shape index (κ1) is 16.9. The molecule has 0 radical (unpaired) electrons. The lowest BCUT2D eigenvalue weighted by atomic mass is 9.93. The summed E-state index contributed by atoms with van der Waals surface area (Å²) in [6, 6.07) is 0.544. The number of hydrogen-bond donors (Lipinski definition) is 2. The fraction of sp³-hybridized carbons (Fsp3) is 1.00. The van der Waals surface area contributed by atoms with Crippen LogP contribution in [0.5, 0.6) is 0 Å². The Balaban J connectivity index is 2.39. The van der Waals surface area contributed by atoms with Crippen molar-refractivity contribution in [2.75, 3.05) is 33.7 Å². The molecular weight excluding hydrogens is 262 g/mol. The number of rotatable bonds is 9. The summed E-state index contributed by atoms with van der Waals surface area (Å²) in [5.41, 5.74) is -0.0692. The van der Waals surface area contributed by atoms with E-state index in [0.717, 1.165) is 6.54 Å². The third kappa shape index (κ3) is 6.70. The molecule has 1 fully saturated rings. The van der Waals surface area contributed by atoms with Crippen molar-refractivity contribution >= 4 is 10.0 Å². The first-order valence-electron chi connectivity index (χ1n) is 6.99. The average molecular weight is 291 g/mol. The van der Waals surface area contributed by atoms with Crippen molar-refractivity contribution in [3.05, 3.63) is 0 Å². The minimum absolute atomic E-state index is 0.0692. The summed E-state index contributed by atoms with van der Waals surface area (Å²) in [7, 11) is 0.769. The van der Waals surface area contributed by atoms with Gasteiger partial charge in [-0.15, -0.1) is 0 Å². The smallest absolute Gasteiger partial charge is 0.215 e. The van der Waals surface area contributed by atoms with Crippen LogP contribution in [0.3, 0.4) is 0 Å². The van der Waals surface area contributed by atoms with Crippen molar-refractivity contribution in [2.24, 2.45) is 5.41 Å². The van der Waals surface area contributed by atoms with Gasteiger partial charge in [-0.1, -0.05) is 13.8 Å². The minimum atomic E-state index is -3.23. The van der Waals surface area contributed by atoms with Crippen LogP contribution in [-0.4, -0.2) is 58.3 Å². The second kappa shape index (κ2) is 6.52. The van der Waals surface area contributed by atoms with Gasteiger partial charge in [0.05, 0.1) is 5.25 Å². The van der Waals surface area contributed by atoms with Gasteiger partial charge in [0.1, 0.15) is 0 Å². The van der Waals surface area contributed by atoms with E-state index in [4.69, 9.17) is 0 Å². The molecule has 0 amide bonds. The van der Waals surface area contributed by atoms with Crippen LogP contribution >= 0.6 is 0 Å². The third-order valence-electron chi connectivity index (χ3n) is 3.30. The van der Waals surface area contributed by atoms with E-state index >= 15 is 0 Å². The van der Waals surface area contributed by atoms with Gasteiger partial charge in [0, 0.05) is 25.7 Å². The van der Waals surface area contributed by atoms with Crippen molar-refractivity contribution < 1.29 is 8.42 Å². The molecule has 0 aromatic heterocycles. The third-order valence-corrected chi connectivity index (χ3v) is 5.07. The molecule has 1 saturated carbocycles. The lowest BCUT2D eigenvalue weighted by Crippen LogP contribution is -2.45. The largest absolute Gasteiger partial charge is 0.313 e. The van der Waals surface area contributed by atoms with E-state index in [0.29, 0.717) is 19.1 Å². The number of nitrogens with one attached hydrogen (secondary N) is 2. The molecule has 1 rings (SSSR count). The Hall–Kier alpha value is -0.170. The van der Waals surface area contributed by atoms with Gasteiger partial charge < -0.3 is 10.2 Å². The molecule has 114 valence electrons. The molecule has 1 aliphatic carbocycles. The van der Waals surface area contributed by atoms with E-state index < -0.39 is 10.0 Å². The van der Waals surface area contributed by atoms with E-state index in [1.165, 1.54) is 12.8 Å². The molecule has 5 nitrogen and oxygen atoms in total. The number of hydrogen-bond acceptors (Lipinski definition) is 4. The zero-order valence-corrected chi connectivity index (χ0v) is 13.7. The highest BCUT2D eigenvalue weighted by Crippen LogP contribution is 2.19. The number of nitrogens with zero attached hydrogens (tertiary/aromatic N) is 1. The SMILES string of the molecule is CC(CNC1CC1)S(=O)(=O)NCC(C)(C)CN(C)C. The lowest BCUT2D eigenvalue weighted by Gasteiger charge is -2.29. The molecule has 0 aliphatic heterocycles. The molecule has 19 heavy (non-hydrogen) atoms. The van der Waals surface area contributed by atoms with E-state index in [9.17, 15) is 8.42 Å². The van der Waals surface area contributed by atoms with Gasteiger partial charge in [-0.3, -0.25) is 0 Å². The average Bonchev–Trinajstić information content (AvgIpc) is 3.05. The van der Waals surface area contributed by atoms with E-state index in [1.54, 1.807) is 6.92 Å². The Morgan fingerprint density at radius 3 is 2.37 bits per heavy atom. The lowest BCUT2D eigenvalue weighted by molar-refractivity contribution is 0.242. The Kier molecular flexibility index (Phi) is 5.79. The first-order chi connectivity index (χ1) is 8.62. The van der Waals surface area contributed by atoms with Gasteiger partial charge in [0.25, 0.3) is 0 Å². The summed E-state index contributed by atoms with van der Waals surface area (Å²) in [5, 5.41) is 2.88. The molecule has 0 aromatic carbocycles. The quantitative estimate of drug-likeness (QED) is 0.654. The normalized spacial score (nSPS) is 18.8. The van der Waals surface area contributed by atoms with Crippen LogP contribution in [0.25, 0.3) is 0 Å². The topological polar surface area (TPSA) is 61.4 Å². The predicted octanol–water partition coefficient (Wildman–Crippen LogP) is 0.634. The van der Waals surface area contributed by atoms with Crippen molar-refractivity contribution in [2.45, 2.75) is 44.9 Å².